The van der Waals surface area contributed by atoms with Crippen LogP contribution in [-0.4, -0.2) is 40.8 Å². The van der Waals surface area contributed by atoms with E-state index in [-0.39, 0.29) is 23.2 Å². The lowest BCUT2D eigenvalue weighted by Gasteiger charge is -2.25. The second-order valence-electron chi connectivity index (χ2n) is 4.26. The quantitative estimate of drug-likeness (QED) is 0.601. The van der Waals surface area contributed by atoms with E-state index in [0.29, 0.717) is 18.8 Å². The van der Waals surface area contributed by atoms with Crippen LogP contribution in [0.2, 0.25) is 0 Å². The van der Waals surface area contributed by atoms with Gasteiger partial charge in [0.15, 0.2) is 0 Å². The number of ether oxygens (including phenoxy) is 3. The Morgan fingerprint density at radius 3 is 2.65 bits per heavy atom. The molecule has 0 aromatic heterocycles. The summed E-state index contributed by atoms with van der Waals surface area (Å²) in [4.78, 5) is 11.7. The molecule has 0 spiro atoms. The van der Waals surface area contributed by atoms with Crippen LogP contribution in [0.4, 0.5) is 0 Å². The van der Waals surface area contributed by atoms with Gasteiger partial charge in [-0.25, -0.2) is 13.2 Å². The van der Waals surface area contributed by atoms with Crippen molar-refractivity contribution in [2.45, 2.75) is 17.6 Å². The van der Waals surface area contributed by atoms with Crippen LogP contribution >= 0.6 is 10.7 Å². The third-order valence-corrected chi connectivity index (χ3v) is 4.15. The molecule has 110 valence electrons. The third-order valence-electron chi connectivity index (χ3n) is 2.75. The van der Waals surface area contributed by atoms with Crippen molar-refractivity contribution in [1.82, 2.24) is 0 Å². The molecule has 2 rings (SSSR count). The molecule has 1 aromatic rings. The first kappa shape index (κ1) is 15.2. The number of hydrogen-bond donors (Lipinski definition) is 0. The first-order valence-electron chi connectivity index (χ1n) is 5.77. The highest BCUT2D eigenvalue weighted by molar-refractivity contribution is 8.13. The van der Waals surface area contributed by atoms with Crippen molar-refractivity contribution in [3.63, 3.8) is 0 Å². The summed E-state index contributed by atoms with van der Waals surface area (Å²) >= 11 is 0. The number of benzene rings is 1. The summed E-state index contributed by atoms with van der Waals surface area (Å²) in [5.41, 5.74) is 0.502. The van der Waals surface area contributed by atoms with Gasteiger partial charge in [-0.05, 0) is 17.7 Å². The van der Waals surface area contributed by atoms with Crippen LogP contribution in [0.25, 0.3) is 0 Å². The molecule has 20 heavy (non-hydrogen) atoms. The van der Waals surface area contributed by atoms with Crippen molar-refractivity contribution in [3.8, 4) is 0 Å². The van der Waals surface area contributed by atoms with Crippen LogP contribution in [-0.2, 0) is 29.9 Å². The maximum Gasteiger partial charge on any atom is 0.338 e. The maximum absolute atomic E-state index is 11.8. The van der Waals surface area contributed by atoms with Gasteiger partial charge < -0.3 is 14.2 Å². The number of rotatable bonds is 5. The molecule has 0 amide bonds. The van der Waals surface area contributed by atoms with E-state index in [2.05, 4.69) is 0 Å². The van der Waals surface area contributed by atoms with Gasteiger partial charge in [0.05, 0.1) is 30.3 Å². The van der Waals surface area contributed by atoms with E-state index in [0.717, 1.165) is 0 Å². The molecule has 1 saturated heterocycles. The van der Waals surface area contributed by atoms with Gasteiger partial charge in [-0.2, -0.15) is 0 Å². The lowest BCUT2D eigenvalue weighted by Crippen LogP contribution is -2.37. The van der Waals surface area contributed by atoms with Crippen LogP contribution in [0, 0.1) is 0 Å². The van der Waals surface area contributed by atoms with Gasteiger partial charge in [-0.1, -0.05) is 6.07 Å². The molecule has 6 nitrogen and oxygen atoms in total. The van der Waals surface area contributed by atoms with Gasteiger partial charge in [0, 0.05) is 17.8 Å². The zero-order chi connectivity index (χ0) is 14.8. The molecule has 0 saturated carbocycles. The molecule has 0 aliphatic carbocycles. The fourth-order valence-electron chi connectivity index (χ4n) is 1.68. The van der Waals surface area contributed by atoms with E-state index in [1.807, 2.05) is 0 Å². The molecular formula is C12H13ClO6S. The van der Waals surface area contributed by atoms with Crippen molar-refractivity contribution in [2.75, 3.05) is 20.3 Å². The van der Waals surface area contributed by atoms with Gasteiger partial charge in [0.2, 0.25) is 0 Å². The smallest absolute Gasteiger partial charge is 0.338 e. The highest BCUT2D eigenvalue weighted by atomic mass is 35.7. The van der Waals surface area contributed by atoms with Crippen LogP contribution < -0.4 is 0 Å². The Morgan fingerprint density at radius 1 is 1.45 bits per heavy atom. The van der Waals surface area contributed by atoms with E-state index < -0.39 is 15.0 Å². The topological polar surface area (TPSA) is 78.9 Å². The van der Waals surface area contributed by atoms with Crippen LogP contribution in [0.3, 0.4) is 0 Å². The number of carbonyl (C=O) groups is 1. The van der Waals surface area contributed by atoms with Crippen LogP contribution in [0.15, 0.2) is 23.1 Å². The zero-order valence-electron chi connectivity index (χ0n) is 10.7. The summed E-state index contributed by atoms with van der Waals surface area (Å²) < 4.78 is 38.0. The van der Waals surface area contributed by atoms with Crippen molar-refractivity contribution < 1.29 is 27.4 Å². The van der Waals surface area contributed by atoms with E-state index in [9.17, 15) is 13.2 Å². The summed E-state index contributed by atoms with van der Waals surface area (Å²) in [6.07, 6.45) is -0.280. The highest BCUT2D eigenvalue weighted by Crippen LogP contribution is 2.23. The number of hydrogen-bond acceptors (Lipinski definition) is 6. The minimum Gasteiger partial charge on any atom is -0.454 e. The number of methoxy groups -OCH3 is 1. The second kappa shape index (κ2) is 6.09. The molecule has 0 bridgehead atoms. The molecule has 1 aliphatic heterocycles. The van der Waals surface area contributed by atoms with E-state index >= 15 is 0 Å². The molecule has 0 N–H and O–H groups in total. The highest BCUT2D eigenvalue weighted by Gasteiger charge is 2.25. The lowest BCUT2D eigenvalue weighted by atomic mass is 10.1. The number of esters is 1. The largest absolute Gasteiger partial charge is 0.454 e. The molecule has 0 unspecified atom stereocenters. The van der Waals surface area contributed by atoms with Crippen LogP contribution in [0.1, 0.15) is 15.9 Å². The monoisotopic (exact) mass is 320 g/mol. The summed E-state index contributed by atoms with van der Waals surface area (Å²) in [6.45, 7) is 0.787. The fourth-order valence-corrected chi connectivity index (χ4v) is 2.82. The predicted octanol–water partition coefficient (Wildman–Crippen LogP) is 1.32. The average molecular weight is 321 g/mol. The normalized spacial score (nSPS) is 15.7. The Kier molecular flexibility index (Phi) is 4.64. The van der Waals surface area contributed by atoms with Crippen LogP contribution in [0.5, 0.6) is 0 Å². The number of halogens is 1. The molecule has 8 heteroatoms. The zero-order valence-corrected chi connectivity index (χ0v) is 12.2. The standard InChI is InChI=1S/C12H13ClO6S/c1-17-5-9-3-2-8(4-11(9)20(13,15)16)12(14)19-10-6-18-7-10/h2-4,10H,5-7H2,1H3. The lowest BCUT2D eigenvalue weighted by molar-refractivity contribution is -0.103. The Labute approximate surface area is 121 Å². The molecule has 1 heterocycles. The predicted molar refractivity (Wildman–Crippen MR) is 70.2 cm³/mol. The van der Waals surface area contributed by atoms with E-state index in [1.165, 1.54) is 25.3 Å². The van der Waals surface area contributed by atoms with Gasteiger partial charge in [0.25, 0.3) is 9.05 Å². The molecular weight excluding hydrogens is 308 g/mol. The van der Waals surface area contributed by atoms with Gasteiger partial charge in [-0.3, -0.25) is 0 Å². The maximum atomic E-state index is 11.8. The summed E-state index contributed by atoms with van der Waals surface area (Å²) in [5.74, 6) is -0.608. The van der Waals surface area contributed by atoms with Gasteiger partial charge in [0.1, 0.15) is 6.10 Å². The SMILES string of the molecule is COCc1ccc(C(=O)OC2COC2)cc1S(=O)(=O)Cl. The Bertz CT molecular complexity index is 608. The van der Waals surface area contributed by atoms with Gasteiger partial charge >= 0.3 is 5.97 Å². The van der Waals surface area contributed by atoms with Crippen molar-refractivity contribution in [2.24, 2.45) is 0 Å². The fraction of sp³-hybridized carbons (Fsp3) is 0.417. The Hall–Kier alpha value is -1.15. The Balaban J connectivity index is 2.28. The first-order valence-corrected chi connectivity index (χ1v) is 8.08. The third kappa shape index (κ3) is 3.49. The molecule has 0 radical (unpaired) electrons. The minimum absolute atomic E-state index is 0.0765. The molecule has 0 atom stereocenters. The van der Waals surface area contributed by atoms with Crippen molar-refractivity contribution in [1.29, 1.82) is 0 Å². The van der Waals surface area contributed by atoms with Crippen molar-refractivity contribution in [3.05, 3.63) is 29.3 Å². The van der Waals surface area contributed by atoms with E-state index in [4.69, 9.17) is 24.9 Å². The Morgan fingerprint density at radius 2 is 2.15 bits per heavy atom. The van der Waals surface area contributed by atoms with Gasteiger partial charge in [-0.15, -0.1) is 0 Å². The molecule has 1 aromatic carbocycles. The molecule has 1 fully saturated rings. The summed E-state index contributed by atoms with van der Waals surface area (Å²) in [7, 11) is 2.83. The molecule has 1 aliphatic rings. The second-order valence-corrected chi connectivity index (χ2v) is 6.79. The van der Waals surface area contributed by atoms with Crippen molar-refractivity contribution >= 4 is 25.7 Å². The average Bonchev–Trinajstić information content (AvgIpc) is 2.33. The minimum atomic E-state index is -3.97. The summed E-state index contributed by atoms with van der Waals surface area (Å²) in [5, 5.41) is 0. The first-order chi connectivity index (χ1) is 9.41. The van der Waals surface area contributed by atoms with E-state index in [1.54, 1.807) is 0 Å². The summed E-state index contributed by atoms with van der Waals surface area (Å²) in [6, 6.07) is 4.15. The number of carbonyl (C=O) groups excluding carboxylic acids is 1.